The van der Waals surface area contributed by atoms with E-state index in [4.69, 9.17) is 5.84 Å². The summed E-state index contributed by atoms with van der Waals surface area (Å²) in [6, 6.07) is 0.417. The molecular weight excluding hydrogens is 228 g/mol. The first-order chi connectivity index (χ1) is 8.70. The molecule has 0 aromatic carbocycles. The van der Waals surface area contributed by atoms with E-state index in [-0.39, 0.29) is 0 Å². The van der Waals surface area contributed by atoms with Crippen LogP contribution in [-0.2, 0) is 13.6 Å². The van der Waals surface area contributed by atoms with Gasteiger partial charge < -0.3 is 9.47 Å². The summed E-state index contributed by atoms with van der Waals surface area (Å²) >= 11 is 0. The van der Waals surface area contributed by atoms with Crippen molar-refractivity contribution in [1.29, 1.82) is 0 Å². The molecule has 0 amide bonds. The predicted molar refractivity (Wildman–Crippen MR) is 71.7 cm³/mol. The molecule has 3 N–H and O–H groups in total. The zero-order valence-electron chi connectivity index (χ0n) is 11.1. The molecule has 1 aliphatic carbocycles. The fourth-order valence-corrected chi connectivity index (χ4v) is 2.29. The van der Waals surface area contributed by atoms with Crippen molar-refractivity contribution < 1.29 is 0 Å². The number of nitrogens with two attached hydrogens (primary N) is 1. The molecule has 0 atom stereocenters. The molecule has 1 aromatic rings. The molecule has 0 spiro atoms. The minimum absolute atomic E-state index is 0.417. The predicted octanol–water partition coefficient (Wildman–Crippen LogP) is 0.614. The molecule has 1 heterocycles. The van der Waals surface area contributed by atoms with Crippen LogP contribution in [0.1, 0.15) is 31.5 Å². The van der Waals surface area contributed by atoms with Gasteiger partial charge in [-0.3, -0.25) is 5.43 Å². The van der Waals surface area contributed by atoms with Crippen molar-refractivity contribution >= 4 is 5.96 Å². The average Bonchev–Trinajstić information content (AvgIpc) is 2.99. The summed E-state index contributed by atoms with van der Waals surface area (Å²) in [5.74, 6) is 7.30. The molecule has 0 aliphatic heterocycles. The van der Waals surface area contributed by atoms with Crippen LogP contribution >= 0.6 is 0 Å². The normalized spacial score (nSPS) is 17.2. The van der Waals surface area contributed by atoms with Gasteiger partial charge in [-0.05, 0) is 12.8 Å². The van der Waals surface area contributed by atoms with E-state index in [1.165, 1.54) is 25.7 Å². The highest BCUT2D eigenvalue weighted by molar-refractivity contribution is 5.79. The Morgan fingerprint density at radius 3 is 2.89 bits per heavy atom. The number of rotatable bonds is 3. The highest BCUT2D eigenvalue weighted by Crippen LogP contribution is 2.21. The molecule has 1 saturated carbocycles. The van der Waals surface area contributed by atoms with Crippen LogP contribution in [0.3, 0.4) is 0 Å². The number of hydrogen-bond donors (Lipinski definition) is 2. The van der Waals surface area contributed by atoms with Crippen molar-refractivity contribution in [2.45, 2.75) is 38.3 Å². The summed E-state index contributed by atoms with van der Waals surface area (Å²) in [5, 5.41) is 0. The summed E-state index contributed by atoms with van der Waals surface area (Å²) in [6.45, 7) is 0.694. The van der Waals surface area contributed by atoms with Crippen LogP contribution in [0.25, 0.3) is 0 Å². The van der Waals surface area contributed by atoms with Crippen molar-refractivity contribution in [2.75, 3.05) is 7.05 Å². The third-order valence-corrected chi connectivity index (χ3v) is 3.42. The lowest BCUT2D eigenvalue weighted by Crippen LogP contribution is -2.43. The molecule has 1 aliphatic rings. The smallest absolute Gasteiger partial charge is 0.208 e. The number of nitrogens with one attached hydrogen (secondary N) is 1. The van der Waals surface area contributed by atoms with E-state index >= 15 is 0 Å². The summed E-state index contributed by atoms with van der Waals surface area (Å²) in [5.41, 5.74) is 2.70. The van der Waals surface area contributed by atoms with Gasteiger partial charge in [0, 0.05) is 26.5 Å². The third kappa shape index (κ3) is 3.01. The molecule has 2 rings (SSSR count). The highest BCUT2D eigenvalue weighted by atomic mass is 15.4. The maximum Gasteiger partial charge on any atom is 0.208 e. The minimum Gasteiger partial charge on any atom is -0.338 e. The minimum atomic E-state index is 0.417. The zero-order valence-corrected chi connectivity index (χ0v) is 11.1. The van der Waals surface area contributed by atoms with Crippen molar-refractivity contribution in [3.63, 3.8) is 0 Å². The van der Waals surface area contributed by atoms with E-state index in [0.717, 1.165) is 11.8 Å². The zero-order chi connectivity index (χ0) is 13.0. The van der Waals surface area contributed by atoms with Crippen LogP contribution in [0.15, 0.2) is 17.4 Å². The van der Waals surface area contributed by atoms with Gasteiger partial charge in [-0.1, -0.05) is 12.8 Å². The molecule has 0 unspecified atom stereocenters. The van der Waals surface area contributed by atoms with Crippen LogP contribution in [-0.4, -0.2) is 33.5 Å². The Morgan fingerprint density at radius 2 is 2.33 bits per heavy atom. The number of aromatic nitrogens is 2. The van der Waals surface area contributed by atoms with Gasteiger partial charge in [0.1, 0.15) is 5.82 Å². The Bertz CT molecular complexity index is 404. The van der Waals surface area contributed by atoms with E-state index < -0.39 is 0 Å². The first-order valence-corrected chi connectivity index (χ1v) is 6.42. The molecule has 1 fully saturated rings. The maximum absolute atomic E-state index is 5.57. The second-order valence-electron chi connectivity index (χ2n) is 4.85. The molecule has 0 radical (unpaired) electrons. The summed E-state index contributed by atoms with van der Waals surface area (Å²) < 4.78 is 2.00. The molecule has 6 nitrogen and oxygen atoms in total. The van der Waals surface area contributed by atoms with Gasteiger partial charge in [-0.25, -0.2) is 15.8 Å². The van der Waals surface area contributed by atoms with Crippen LogP contribution < -0.4 is 11.3 Å². The van der Waals surface area contributed by atoms with Crippen LogP contribution in [0.2, 0.25) is 0 Å². The lowest BCUT2D eigenvalue weighted by Gasteiger charge is -2.21. The Labute approximate surface area is 108 Å². The number of aliphatic imine (C=N–C) groups is 1. The second kappa shape index (κ2) is 5.86. The second-order valence-corrected chi connectivity index (χ2v) is 4.85. The third-order valence-electron chi connectivity index (χ3n) is 3.42. The number of aryl methyl sites for hydroxylation is 1. The highest BCUT2D eigenvalue weighted by Gasteiger charge is 2.16. The van der Waals surface area contributed by atoms with Crippen molar-refractivity contribution in [3.8, 4) is 0 Å². The molecule has 100 valence electrons. The van der Waals surface area contributed by atoms with E-state index in [0.29, 0.717) is 12.6 Å². The average molecular weight is 250 g/mol. The monoisotopic (exact) mass is 250 g/mol. The number of imidazole rings is 1. The standard InChI is InChI=1S/C12H22N6/c1-17-8-7-14-11(17)9-18(2)12(16-13)15-10-5-3-4-6-10/h7-8,10H,3-6,9,13H2,1-2H3,(H,15,16). The quantitative estimate of drug-likeness (QED) is 0.357. The van der Waals surface area contributed by atoms with Gasteiger partial charge in [-0.2, -0.15) is 0 Å². The van der Waals surface area contributed by atoms with E-state index in [1.807, 2.05) is 29.8 Å². The van der Waals surface area contributed by atoms with E-state index in [1.54, 1.807) is 6.20 Å². The fraction of sp³-hybridized carbons (Fsp3) is 0.667. The van der Waals surface area contributed by atoms with E-state index in [2.05, 4.69) is 15.4 Å². The molecular formula is C12H22N6. The molecule has 6 heteroatoms. The Kier molecular flexibility index (Phi) is 4.19. The summed E-state index contributed by atoms with van der Waals surface area (Å²) in [7, 11) is 3.96. The largest absolute Gasteiger partial charge is 0.338 e. The fourth-order valence-electron chi connectivity index (χ4n) is 2.29. The van der Waals surface area contributed by atoms with Gasteiger partial charge in [0.2, 0.25) is 5.96 Å². The number of hydrogen-bond acceptors (Lipinski definition) is 3. The Morgan fingerprint density at radius 1 is 1.61 bits per heavy atom. The Balaban J connectivity index is 2.00. The first kappa shape index (κ1) is 12.9. The number of hydrazine groups is 1. The van der Waals surface area contributed by atoms with E-state index in [9.17, 15) is 0 Å². The molecule has 1 aromatic heterocycles. The van der Waals surface area contributed by atoms with Gasteiger partial charge in [-0.15, -0.1) is 0 Å². The number of guanidine groups is 1. The summed E-state index contributed by atoms with van der Waals surface area (Å²) in [4.78, 5) is 11.0. The van der Waals surface area contributed by atoms with Crippen LogP contribution in [0.5, 0.6) is 0 Å². The van der Waals surface area contributed by atoms with Crippen LogP contribution in [0.4, 0.5) is 0 Å². The SMILES string of the molecule is CN(Cc1nccn1C)C(=NC1CCCC1)NN. The summed E-state index contributed by atoms with van der Waals surface area (Å²) in [6.07, 6.45) is 8.62. The van der Waals surface area contributed by atoms with Gasteiger partial charge >= 0.3 is 0 Å². The molecule has 0 bridgehead atoms. The Hall–Kier alpha value is -1.56. The lowest BCUT2D eigenvalue weighted by atomic mass is 10.3. The maximum atomic E-state index is 5.57. The lowest BCUT2D eigenvalue weighted by molar-refractivity contribution is 0.449. The van der Waals surface area contributed by atoms with Gasteiger partial charge in [0.15, 0.2) is 0 Å². The van der Waals surface area contributed by atoms with Crippen molar-refractivity contribution in [2.24, 2.45) is 17.9 Å². The topological polar surface area (TPSA) is 71.5 Å². The van der Waals surface area contributed by atoms with Crippen LogP contribution in [0, 0.1) is 0 Å². The molecule has 18 heavy (non-hydrogen) atoms. The number of nitrogens with zero attached hydrogens (tertiary/aromatic N) is 4. The van der Waals surface area contributed by atoms with Gasteiger partial charge in [0.25, 0.3) is 0 Å². The molecule has 0 saturated heterocycles. The first-order valence-electron chi connectivity index (χ1n) is 6.42. The van der Waals surface area contributed by atoms with Gasteiger partial charge in [0.05, 0.1) is 12.6 Å². The van der Waals surface area contributed by atoms with Crippen molar-refractivity contribution in [3.05, 3.63) is 18.2 Å². The van der Waals surface area contributed by atoms with Crippen molar-refractivity contribution in [1.82, 2.24) is 19.9 Å².